The van der Waals surface area contributed by atoms with Gasteiger partial charge in [-0.1, -0.05) is 17.4 Å². The predicted molar refractivity (Wildman–Crippen MR) is 42.6 cm³/mol. The van der Waals surface area contributed by atoms with E-state index in [9.17, 15) is 18.0 Å². The highest BCUT2D eigenvalue weighted by Crippen LogP contribution is 2.28. The molecule has 0 aromatic carbocycles. The number of nitrogens with zero attached hydrogens (tertiary/aromatic N) is 1. The highest BCUT2D eigenvalue weighted by molar-refractivity contribution is 7.06. The maximum atomic E-state index is 12.2. The number of rotatable bonds is 2. The number of aromatic nitrogens is 1. The van der Waals surface area contributed by atoms with Gasteiger partial charge in [0.15, 0.2) is 0 Å². The van der Waals surface area contributed by atoms with Crippen LogP contribution in [0.4, 0.5) is 13.2 Å². The van der Waals surface area contributed by atoms with Gasteiger partial charge in [0, 0.05) is 6.54 Å². The normalized spacial score (nSPS) is 11.6. The molecule has 0 fully saturated rings. The third kappa shape index (κ3) is 2.00. The lowest BCUT2D eigenvalue weighted by Gasteiger charge is -2.07. The molecule has 13 heavy (non-hydrogen) atoms. The van der Waals surface area contributed by atoms with Crippen LogP contribution in [-0.4, -0.2) is 4.57 Å². The molecule has 0 amide bonds. The van der Waals surface area contributed by atoms with Crippen molar-refractivity contribution in [3.05, 3.63) is 33.4 Å². The van der Waals surface area contributed by atoms with E-state index in [4.69, 9.17) is 0 Å². The largest absolute Gasteiger partial charge is 0.433 e. The molecule has 1 heterocycles. The Labute approximate surface area is 75.9 Å². The van der Waals surface area contributed by atoms with Crippen LogP contribution < -0.4 is 4.87 Å². The van der Waals surface area contributed by atoms with Gasteiger partial charge < -0.3 is 0 Å². The zero-order valence-corrected chi connectivity index (χ0v) is 7.21. The van der Waals surface area contributed by atoms with E-state index in [1.807, 2.05) is 5.38 Å². The van der Waals surface area contributed by atoms with Gasteiger partial charge in [-0.3, -0.25) is 9.36 Å². The van der Waals surface area contributed by atoms with Crippen LogP contribution in [0.5, 0.6) is 0 Å². The minimum Gasteiger partial charge on any atom is -0.290 e. The van der Waals surface area contributed by atoms with Crippen molar-refractivity contribution in [1.29, 1.82) is 0 Å². The SMILES string of the molecule is C=CCn1c(C(F)(F)F)[c]sc1=O. The van der Waals surface area contributed by atoms with Gasteiger partial charge >= 0.3 is 11.0 Å². The lowest BCUT2D eigenvalue weighted by Crippen LogP contribution is -2.20. The lowest BCUT2D eigenvalue weighted by atomic mass is 10.4. The minimum absolute atomic E-state index is 0.145. The van der Waals surface area contributed by atoms with Crippen molar-refractivity contribution in [2.45, 2.75) is 12.7 Å². The standard InChI is InChI=1S/C7H5F3NOS/c1-2-3-11-5(7(8,9)10)4-13-6(11)12/h2H,1,3H2. The zero-order valence-electron chi connectivity index (χ0n) is 6.39. The summed E-state index contributed by atoms with van der Waals surface area (Å²) in [6.07, 6.45) is -3.29. The second kappa shape index (κ2) is 3.37. The number of allylic oxidation sites excluding steroid dienone is 1. The predicted octanol–water partition coefficient (Wildman–Crippen LogP) is 1.91. The summed E-state index contributed by atoms with van der Waals surface area (Å²) in [6, 6.07) is 0. The Bertz CT molecular complexity index is 363. The molecule has 0 N–H and O–H groups in total. The molecule has 1 aromatic rings. The number of hydrogen-bond donors (Lipinski definition) is 0. The van der Waals surface area contributed by atoms with Crippen LogP contribution in [0.1, 0.15) is 5.69 Å². The summed E-state index contributed by atoms with van der Waals surface area (Å²) in [7, 11) is 0. The van der Waals surface area contributed by atoms with Crippen molar-refractivity contribution in [2.75, 3.05) is 0 Å². The number of hydrogen-bond acceptors (Lipinski definition) is 2. The van der Waals surface area contributed by atoms with Crippen molar-refractivity contribution in [3.8, 4) is 0 Å². The van der Waals surface area contributed by atoms with E-state index in [1.165, 1.54) is 6.08 Å². The Hall–Kier alpha value is -1.04. The molecule has 1 rings (SSSR count). The third-order valence-corrected chi connectivity index (χ3v) is 2.00. The van der Waals surface area contributed by atoms with Gasteiger partial charge in [-0.05, 0) is 0 Å². The number of halogens is 3. The monoisotopic (exact) mass is 208 g/mol. The molecular weight excluding hydrogens is 203 g/mol. The average Bonchev–Trinajstić information content (AvgIpc) is 2.32. The first-order valence-electron chi connectivity index (χ1n) is 3.26. The molecule has 6 heteroatoms. The van der Waals surface area contributed by atoms with Gasteiger partial charge in [0.05, 0.1) is 5.38 Å². The van der Waals surface area contributed by atoms with E-state index in [-0.39, 0.29) is 6.54 Å². The third-order valence-electron chi connectivity index (χ3n) is 1.31. The molecule has 0 saturated carbocycles. The van der Waals surface area contributed by atoms with Crippen molar-refractivity contribution in [1.82, 2.24) is 4.57 Å². The first-order valence-corrected chi connectivity index (χ1v) is 4.08. The second-order valence-corrected chi connectivity index (χ2v) is 2.97. The van der Waals surface area contributed by atoms with Gasteiger partial charge in [-0.2, -0.15) is 13.2 Å². The fourth-order valence-electron chi connectivity index (χ4n) is 0.799. The van der Waals surface area contributed by atoms with Crippen LogP contribution >= 0.6 is 11.3 Å². The molecule has 2 nitrogen and oxygen atoms in total. The summed E-state index contributed by atoms with van der Waals surface area (Å²) in [6.45, 7) is 3.12. The van der Waals surface area contributed by atoms with Crippen LogP contribution in [0.2, 0.25) is 0 Å². The van der Waals surface area contributed by atoms with E-state index < -0.39 is 16.7 Å². The average molecular weight is 208 g/mol. The summed E-state index contributed by atoms with van der Waals surface area (Å²) in [5, 5.41) is 1.92. The molecule has 0 aliphatic rings. The van der Waals surface area contributed by atoms with E-state index >= 15 is 0 Å². The summed E-state index contributed by atoms with van der Waals surface area (Å²) in [5.41, 5.74) is -1.04. The molecule has 0 saturated heterocycles. The summed E-state index contributed by atoms with van der Waals surface area (Å²) in [4.78, 5) is 10.2. The minimum atomic E-state index is -4.53. The van der Waals surface area contributed by atoms with Crippen molar-refractivity contribution in [2.24, 2.45) is 0 Å². The van der Waals surface area contributed by atoms with E-state index in [0.29, 0.717) is 15.9 Å². The molecule has 71 valence electrons. The first-order chi connectivity index (χ1) is 5.96. The molecule has 0 atom stereocenters. The van der Waals surface area contributed by atoms with Gasteiger partial charge in [0.2, 0.25) is 0 Å². The highest BCUT2D eigenvalue weighted by Gasteiger charge is 2.35. The van der Waals surface area contributed by atoms with Gasteiger partial charge in [0.1, 0.15) is 5.69 Å². The number of alkyl halides is 3. The number of thiazole rings is 1. The van der Waals surface area contributed by atoms with E-state index in [2.05, 4.69) is 6.58 Å². The van der Waals surface area contributed by atoms with Crippen LogP contribution in [0, 0.1) is 5.38 Å². The highest BCUT2D eigenvalue weighted by atomic mass is 32.1. The molecule has 0 aliphatic carbocycles. The Morgan fingerprint density at radius 3 is 2.69 bits per heavy atom. The molecular formula is C7H5F3NOS. The molecule has 0 spiro atoms. The van der Waals surface area contributed by atoms with Crippen molar-refractivity contribution < 1.29 is 13.2 Å². The van der Waals surface area contributed by atoms with Crippen molar-refractivity contribution in [3.63, 3.8) is 0 Å². The maximum Gasteiger partial charge on any atom is 0.433 e. The molecule has 1 radical (unpaired) electrons. The second-order valence-electron chi connectivity index (χ2n) is 2.22. The smallest absolute Gasteiger partial charge is 0.290 e. The van der Waals surface area contributed by atoms with Crippen LogP contribution in [0.25, 0.3) is 0 Å². The quantitative estimate of drug-likeness (QED) is 0.680. The Balaban J connectivity index is 3.22. The van der Waals surface area contributed by atoms with Crippen molar-refractivity contribution >= 4 is 11.3 Å². The molecule has 0 aliphatic heterocycles. The van der Waals surface area contributed by atoms with Gasteiger partial charge in [-0.25, -0.2) is 0 Å². The van der Waals surface area contributed by atoms with Gasteiger partial charge in [0.25, 0.3) is 0 Å². The maximum absolute atomic E-state index is 12.2. The van der Waals surface area contributed by atoms with Gasteiger partial charge in [-0.15, -0.1) is 6.58 Å². The molecule has 1 aromatic heterocycles. The Morgan fingerprint density at radius 1 is 1.62 bits per heavy atom. The van der Waals surface area contributed by atoms with E-state index in [1.54, 1.807) is 0 Å². The zero-order chi connectivity index (χ0) is 10.1. The topological polar surface area (TPSA) is 22.0 Å². The Kier molecular flexibility index (Phi) is 2.60. The molecule has 0 unspecified atom stereocenters. The fourth-order valence-corrected chi connectivity index (χ4v) is 1.49. The summed E-state index contributed by atoms with van der Waals surface area (Å²) >= 11 is 0.412. The lowest BCUT2D eigenvalue weighted by molar-refractivity contribution is -0.143. The summed E-state index contributed by atoms with van der Waals surface area (Å²) < 4.78 is 37.1. The fraction of sp³-hybridized carbons (Fsp3) is 0.286. The van der Waals surface area contributed by atoms with E-state index in [0.717, 1.165) is 0 Å². The molecule has 0 bridgehead atoms. The van der Waals surface area contributed by atoms with Crippen LogP contribution in [-0.2, 0) is 12.7 Å². The van der Waals surface area contributed by atoms with Crippen LogP contribution in [0.3, 0.4) is 0 Å². The first kappa shape index (κ1) is 10.0. The van der Waals surface area contributed by atoms with Crippen LogP contribution in [0.15, 0.2) is 17.4 Å². The summed E-state index contributed by atoms with van der Waals surface area (Å²) in [5.74, 6) is 0. The Morgan fingerprint density at radius 2 is 2.23 bits per heavy atom.